The van der Waals surface area contributed by atoms with Crippen LogP contribution < -0.4 is 10.3 Å². The Balaban J connectivity index is 0.000000847. The molecule has 0 saturated carbocycles. The number of benzene rings is 1. The minimum Gasteiger partial charge on any atom is -0.307 e. The molecule has 0 amide bonds. The molecule has 2 aromatic rings. The minimum atomic E-state index is 0.160. The number of rotatable bonds is 3. The lowest BCUT2D eigenvalue weighted by Crippen LogP contribution is -2.42. The van der Waals surface area contributed by atoms with E-state index >= 15 is 0 Å². The molecule has 3 rings (SSSR count). The maximum Gasteiger partial charge on any atom is 0.110 e. The van der Waals surface area contributed by atoms with E-state index in [2.05, 4.69) is 29.5 Å². The highest BCUT2D eigenvalue weighted by Gasteiger charge is 2.34. The van der Waals surface area contributed by atoms with Gasteiger partial charge in [0.05, 0.1) is 17.6 Å². The van der Waals surface area contributed by atoms with Crippen LogP contribution in [-0.2, 0) is 11.8 Å². The van der Waals surface area contributed by atoms with Gasteiger partial charge in [0.15, 0.2) is 0 Å². The number of nitrogens with one attached hydrogen (secondary N) is 1. The monoisotopic (exact) mass is 299 g/mol. The Morgan fingerprint density at radius 2 is 1.91 bits per heavy atom. The zero-order valence-electron chi connectivity index (χ0n) is 13.1. The van der Waals surface area contributed by atoms with E-state index in [1.54, 1.807) is 0 Å². The highest BCUT2D eigenvalue weighted by Crippen LogP contribution is 2.28. The number of anilines is 1. The van der Waals surface area contributed by atoms with Crippen molar-refractivity contribution >= 4 is 18.2 Å². The Morgan fingerprint density at radius 1 is 1.23 bits per heavy atom. The fourth-order valence-electron chi connectivity index (χ4n) is 2.68. The van der Waals surface area contributed by atoms with Gasteiger partial charge in [-0.05, 0) is 19.2 Å². The molecule has 2 atom stereocenters. The average molecular weight is 299 g/mol. The summed E-state index contributed by atoms with van der Waals surface area (Å²) in [6, 6.07) is 10.2. The van der Waals surface area contributed by atoms with Gasteiger partial charge in [0.2, 0.25) is 0 Å². The van der Waals surface area contributed by atoms with Crippen molar-refractivity contribution < 1.29 is 4.79 Å². The summed E-state index contributed by atoms with van der Waals surface area (Å²) < 4.78 is 1.81. The Bertz CT molecular complexity index is 637. The molecule has 6 heteroatoms. The second-order valence-corrected chi connectivity index (χ2v) is 5.09. The molecule has 116 valence electrons. The highest BCUT2D eigenvalue weighted by molar-refractivity contribution is 6.04. The SMILES string of the molecule is C=O.CNC1C(C)C(c2cnn(C)c2)=NN1c1ccccc1. The van der Waals surface area contributed by atoms with Gasteiger partial charge in [-0.15, -0.1) is 0 Å². The molecule has 1 N–H and O–H groups in total. The van der Waals surface area contributed by atoms with Crippen LogP contribution in [-0.4, -0.2) is 35.5 Å². The molecule has 1 aromatic carbocycles. The van der Waals surface area contributed by atoms with Gasteiger partial charge in [-0.2, -0.15) is 10.2 Å². The molecule has 22 heavy (non-hydrogen) atoms. The first kappa shape index (κ1) is 15.9. The number of carbonyl (C=O) groups excluding carboxylic acids is 1. The summed E-state index contributed by atoms with van der Waals surface area (Å²) in [5, 5.41) is 14.5. The molecule has 0 aliphatic carbocycles. The lowest BCUT2D eigenvalue weighted by Gasteiger charge is -2.25. The average Bonchev–Trinajstić information content (AvgIpc) is 3.13. The third-order valence-corrected chi connectivity index (χ3v) is 3.70. The molecule has 0 saturated heterocycles. The molecule has 1 aromatic heterocycles. The summed E-state index contributed by atoms with van der Waals surface area (Å²) >= 11 is 0. The first-order valence-corrected chi connectivity index (χ1v) is 7.08. The van der Waals surface area contributed by atoms with Crippen LogP contribution in [0.4, 0.5) is 5.69 Å². The van der Waals surface area contributed by atoms with Crippen molar-refractivity contribution in [2.45, 2.75) is 13.1 Å². The molecule has 6 nitrogen and oxygen atoms in total. The van der Waals surface area contributed by atoms with Gasteiger partial charge in [-0.1, -0.05) is 25.1 Å². The van der Waals surface area contributed by atoms with Gasteiger partial charge in [-0.25, -0.2) is 5.01 Å². The third-order valence-electron chi connectivity index (χ3n) is 3.70. The van der Waals surface area contributed by atoms with Crippen LogP contribution in [0.3, 0.4) is 0 Å². The number of carbonyl (C=O) groups is 1. The second kappa shape index (κ2) is 7.00. The summed E-state index contributed by atoms with van der Waals surface area (Å²) in [4.78, 5) is 8.00. The lowest BCUT2D eigenvalue weighted by atomic mass is 9.99. The Kier molecular flexibility index (Phi) is 5.06. The molecule has 0 fully saturated rings. The van der Waals surface area contributed by atoms with Crippen LogP contribution in [0.15, 0.2) is 47.8 Å². The predicted molar refractivity (Wildman–Crippen MR) is 87.8 cm³/mol. The molecule has 1 aliphatic rings. The van der Waals surface area contributed by atoms with E-state index in [4.69, 9.17) is 9.90 Å². The Hall–Kier alpha value is -2.47. The van der Waals surface area contributed by atoms with Gasteiger partial charge in [0.1, 0.15) is 13.0 Å². The summed E-state index contributed by atoms with van der Waals surface area (Å²) in [6.45, 7) is 4.19. The maximum atomic E-state index is 8.00. The van der Waals surface area contributed by atoms with Crippen LogP contribution >= 0.6 is 0 Å². The van der Waals surface area contributed by atoms with Gasteiger partial charge < -0.3 is 4.79 Å². The lowest BCUT2D eigenvalue weighted by molar-refractivity contribution is -0.0979. The van der Waals surface area contributed by atoms with Crippen molar-refractivity contribution in [2.75, 3.05) is 12.1 Å². The number of hydrazone groups is 1. The molecular weight excluding hydrogens is 278 g/mol. The molecule has 0 radical (unpaired) electrons. The summed E-state index contributed by atoms with van der Waals surface area (Å²) in [5.41, 5.74) is 3.25. The first-order chi connectivity index (χ1) is 10.7. The molecule has 1 aliphatic heterocycles. The van der Waals surface area contributed by atoms with Crippen molar-refractivity contribution in [3.05, 3.63) is 48.3 Å². The largest absolute Gasteiger partial charge is 0.307 e. The quantitative estimate of drug-likeness (QED) is 0.936. The first-order valence-electron chi connectivity index (χ1n) is 7.08. The molecule has 0 spiro atoms. The number of para-hydroxylation sites is 1. The summed E-state index contributed by atoms with van der Waals surface area (Å²) in [5.74, 6) is 0.296. The normalized spacial score (nSPS) is 20.3. The minimum absolute atomic E-state index is 0.160. The standard InChI is InChI=1S/C15H19N5.CH2O/c1-11-14(12-9-17-19(3)10-12)18-20(15(11)16-2)13-7-5-4-6-8-13;1-2/h4-11,15-16H,1-3H3;1H2. The smallest absolute Gasteiger partial charge is 0.110 e. The van der Waals surface area contributed by atoms with Crippen molar-refractivity contribution in [3.8, 4) is 0 Å². The van der Waals surface area contributed by atoms with Crippen molar-refractivity contribution in [1.82, 2.24) is 15.1 Å². The second-order valence-electron chi connectivity index (χ2n) is 5.09. The number of aryl methyl sites for hydroxylation is 1. The number of aromatic nitrogens is 2. The van der Waals surface area contributed by atoms with E-state index in [0.717, 1.165) is 17.0 Å². The molecule has 2 heterocycles. The Morgan fingerprint density at radius 3 is 2.45 bits per heavy atom. The molecule has 0 bridgehead atoms. The van der Waals surface area contributed by atoms with Gasteiger partial charge in [0, 0.05) is 24.7 Å². The van der Waals surface area contributed by atoms with Gasteiger partial charge >= 0.3 is 0 Å². The van der Waals surface area contributed by atoms with Crippen molar-refractivity contribution in [2.24, 2.45) is 18.1 Å². The van der Waals surface area contributed by atoms with Crippen molar-refractivity contribution in [1.29, 1.82) is 0 Å². The third kappa shape index (κ3) is 2.92. The van der Waals surface area contributed by atoms with Crippen LogP contribution in [0, 0.1) is 5.92 Å². The summed E-state index contributed by atoms with van der Waals surface area (Å²) in [6.07, 6.45) is 4.04. The van der Waals surface area contributed by atoms with E-state index in [9.17, 15) is 0 Å². The topological polar surface area (TPSA) is 62.5 Å². The van der Waals surface area contributed by atoms with E-state index in [1.807, 2.05) is 61.2 Å². The van der Waals surface area contributed by atoms with Crippen LogP contribution in [0.25, 0.3) is 0 Å². The maximum absolute atomic E-state index is 8.00. The fraction of sp³-hybridized carbons (Fsp3) is 0.312. The van der Waals surface area contributed by atoms with Crippen molar-refractivity contribution in [3.63, 3.8) is 0 Å². The molecule has 2 unspecified atom stereocenters. The van der Waals surface area contributed by atoms with E-state index in [0.29, 0.717) is 5.92 Å². The number of hydrogen-bond donors (Lipinski definition) is 1. The zero-order chi connectivity index (χ0) is 16.1. The van der Waals surface area contributed by atoms with Crippen LogP contribution in [0.5, 0.6) is 0 Å². The molecular formula is C16H21N5O. The van der Waals surface area contributed by atoms with Crippen LogP contribution in [0.1, 0.15) is 12.5 Å². The van der Waals surface area contributed by atoms with Gasteiger partial charge in [0.25, 0.3) is 0 Å². The van der Waals surface area contributed by atoms with E-state index < -0.39 is 0 Å². The number of nitrogens with zero attached hydrogens (tertiary/aromatic N) is 4. The van der Waals surface area contributed by atoms with Gasteiger partial charge in [-0.3, -0.25) is 10.00 Å². The van der Waals surface area contributed by atoms with Crippen LogP contribution in [0.2, 0.25) is 0 Å². The number of hydrogen-bond acceptors (Lipinski definition) is 5. The van der Waals surface area contributed by atoms with E-state index in [-0.39, 0.29) is 6.17 Å². The summed E-state index contributed by atoms with van der Waals surface area (Å²) in [7, 11) is 3.90. The van der Waals surface area contributed by atoms with E-state index in [1.165, 1.54) is 0 Å². The Labute approximate surface area is 130 Å². The zero-order valence-corrected chi connectivity index (χ0v) is 13.1. The predicted octanol–water partition coefficient (Wildman–Crippen LogP) is 1.64. The fourth-order valence-corrected chi connectivity index (χ4v) is 2.68. The highest BCUT2D eigenvalue weighted by atomic mass is 16.1.